The van der Waals surface area contributed by atoms with E-state index in [1.165, 1.54) is 0 Å². The summed E-state index contributed by atoms with van der Waals surface area (Å²) in [5.41, 5.74) is -0.0710. The number of carbonyl (C=O) groups is 1. The van der Waals surface area contributed by atoms with Crippen LogP contribution >= 0.6 is 0 Å². The van der Waals surface area contributed by atoms with Crippen LogP contribution in [-0.2, 0) is 15.1 Å². The monoisotopic (exact) mass is 292 g/mol. The van der Waals surface area contributed by atoms with Crippen molar-refractivity contribution in [2.24, 2.45) is 5.92 Å². The van der Waals surface area contributed by atoms with Crippen LogP contribution in [0.25, 0.3) is 0 Å². The highest BCUT2D eigenvalue weighted by Crippen LogP contribution is 2.43. The summed E-state index contributed by atoms with van der Waals surface area (Å²) in [5, 5.41) is 10.9. The molecule has 0 aromatic heterocycles. The molecule has 1 aromatic rings. The number of ether oxygens (including phenoxy) is 3. The lowest BCUT2D eigenvalue weighted by atomic mass is 9.75. The van der Waals surface area contributed by atoms with Crippen LogP contribution in [0.15, 0.2) is 18.2 Å². The van der Waals surface area contributed by atoms with Crippen LogP contribution in [0.1, 0.15) is 38.2 Å². The highest BCUT2D eigenvalue weighted by atomic mass is 16.7. The number of rotatable bonds is 3. The SMILES string of the molecule is CCOC(=O)C1CCC(O)(c2ccc3c(c2)OCO3)CC1. The van der Waals surface area contributed by atoms with Crippen LogP contribution in [0, 0.1) is 5.92 Å². The third-order valence-electron chi connectivity index (χ3n) is 4.34. The molecule has 114 valence electrons. The van der Waals surface area contributed by atoms with Gasteiger partial charge in [-0.3, -0.25) is 4.79 Å². The molecule has 0 radical (unpaired) electrons. The summed E-state index contributed by atoms with van der Waals surface area (Å²) in [5.74, 6) is 1.14. The molecule has 1 aliphatic heterocycles. The Balaban J connectivity index is 1.70. The first kappa shape index (κ1) is 14.2. The largest absolute Gasteiger partial charge is 0.466 e. The number of esters is 1. The summed E-state index contributed by atoms with van der Waals surface area (Å²) in [6, 6.07) is 5.54. The van der Waals surface area contributed by atoms with Crippen LogP contribution in [0.4, 0.5) is 0 Å². The van der Waals surface area contributed by atoms with E-state index in [1.807, 2.05) is 25.1 Å². The van der Waals surface area contributed by atoms with Gasteiger partial charge in [0.15, 0.2) is 11.5 Å². The Labute approximate surface area is 123 Å². The summed E-state index contributed by atoms with van der Waals surface area (Å²) in [6.45, 7) is 2.44. The molecule has 5 heteroatoms. The predicted octanol–water partition coefficient (Wildman–Crippen LogP) is 2.36. The van der Waals surface area contributed by atoms with E-state index in [2.05, 4.69) is 0 Å². The molecule has 0 atom stereocenters. The molecule has 0 saturated heterocycles. The Morgan fingerprint density at radius 3 is 2.76 bits per heavy atom. The van der Waals surface area contributed by atoms with E-state index in [1.54, 1.807) is 0 Å². The van der Waals surface area contributed by atoms with Crippen LogP contribution in [0.3, 0.4) is 0 Å². The number of aliphatic hydroxyl groups is 1. The Kier molecular flexibility index (Phi) is 3.76. The van der Waals surface area contributed by atoms with Gasteiger partial charge in [0.2, 0.25) is 6.79 Å². The van der Waals surface area contributed by atoms with Crippen molar-refractivity contribution in [2.75, 3.05) is 13.4 Å². The lowest BCUT2D eigenvalue weighted by molar-refractivity contribution is -0.151. The van der Waals surface area contributed by atoms with Gasteiger partial charge >= 0.3 is 5.97 Å². The minimum absolute atomic E-state index is 0.0979. The van der Waals surface area contributed by atoms with E-state index >= 15 is 0 Å². The average molecular weight is 292 g/mol. The average Bonchev–Trinajstić information content (AvgIpc) is 2.95. The molecular weight excluding hydrogens is 272 g/mol. The van der Waals surface area contributed by atoms with Crippen molar-refractivity contribution in [1.82, 2.24) is 0 Å². The number of hydrogen-bond donors (Lipinski definition) is 1. The molecule has 2 aliphatic rings. The molecule has 1 fully saturated rings. The van der Waals surface area contributed by atoms with Crippen LogP contribution in [0.2, 0.25) is 0 Å². The molecule has 1 N–H and O–H groups in total. The fourth-order valence-corrected chi connectivity index (χ4v) is 3.07. The van der Waals surface area contributed by atoms with Crippen molar-refractivity contribution < 1.29 is 24.1 Å². The zero-order chi connectivity index (χ0) is 14.9. The first-order valence-electron chi connectivity index (χ1n) is 7.41. The molecule has 0 bridgehead atoms. The first-order chi connectivity index (χ1) is 10.1. The maximum Gasteiger partial charge on any atom is 0.308 e. The third kappa shape index (κ3) is 2.70. The van der Waals surface area contributed by atoms with Gasteiger partial charge in [0.05, 0.1) is 18.1 Å². The number of benzene rings is 1. The van der Waals surface area contributed by atoms with Crippen LogP contribution in [-0.4, -0.2) is 24.5 Å². The smallest absolute Gasteiger partial charge is 0.308 e. The van der Waals surface area contributed by atoms with Crippen LogP contribution in [0.5, 0.6) is 11.5 Å². The molecule has 21 heavy (non-hydrogen) atoms. The zero-order valence-corrected chi connectivity index (χ0v) is 12.1. The highest BCUT2D eigenvalue weighted by Gasteiger charge is 2.38. The fraction of sp³-hybridized carbons (Fsp3) is 0.562. The van der Waals surface area contributed by atoms with E-state index < -0.39 is 5.60 Å². The van der Waals surface area contributed by atoms with Gasteiger partial charge in [0, 0.05) is 0 Å². The highest BCUT2D eigenvalue weighted by molar-refractivity contribution is 5.72. The fourth-order valence-electron chi connectivity index (χ4n) is 3.07. The molecule has 1 aromatic carbocycles. The van der Waals surface area contributed by atoms with E-state index in [-0.39, 0.29) is 18.7 Å². The summed E-state index contributed by atoms with van der Waals surface area (Å²) in [7, 11) is 0. The van der Waals surface area contributed by atoms with Gasteiger partial charge in [-0.15, -0.1) is 0 Å². The standard InChI is InChI=1S/C16H20O5/c1-2-19-15(17)11-5-7-16(18,8-6-11)12-3-4-13-14(9-12)21-10-20-13/h3-4,9,11,18H,2,5-8,10H2,1H3. The van der Waals surface area contributed by atoms with Crippen molar-refractivity contribution >= 4 is 5.97 Å². The van der Waals surface area contributed by atoms with E-state index in [9.17, 15) is 9.90 Å². The van der Waals surface area contributed by atoms with E-state index in [0.717, 1.165) is 5.56 Å². The van der Waals surface area contributed by atoms with Gasteiger partial charge in [0.25, 0.3) is 0 Å². The molecule has 0 unspecified atom stereocenters. The lowest BCUT2D eigenvalue weighted by Gasteiger charge is -2.35. The molecular formula is C16H20O5. The zero-order valence-electron chi connectivity index (χ0n) is 12.1. The molecule has 1 saturated carbocycles. The summed E-state index contributed by atoms with van der Waals surface area (Å²) in [6.07, 6.45) is 2.39. The first-order valence-corrected chi connectivity index (χ1v) is 7.41. The second-order valence-electron chi connectivity index (χ2n) is 5.63. The molecule has 3 rings (SSSR count). The summed E-state index contributed by atoms with van der Waals surface area (Å²) < 4.78 is 15.7. The maximum atomic E-state index is 11.8. The van der Waals surface area contributed by atoms with Crippen molar-refractivity contribution in [1.29, 1.82) is 0 Å². The van der Waals surface area contributed by atoms with E-state index in [4.69, 9.17) is 14.2 Å². The van der Waals surface area contributed by atoms with Gasteiger partial charge in [0.1, 0.15) is 0 Å². The molecule has 0 amide bonds. The van der Waals surface area contributed by atoms with Gasteiger partial charge in [-0.05, 0) is 50.3 Å². The van der Waals surface area contributed by atoms with Gasteiger partial charge in [-0.2, -0.15) is 0 Å². The number of fused-ring (bicyclic) bond motifs is 1. The third-order valence-corrected chi connectivity index (χ3v) is 4.34. The summed E-state index contributed by atoms with van der Waals surface area (Å²) in [4.78, 5) is 11.8. The van der Waals surface area contributed by atoms with E-state index in [0.29, 0.717) is 43.8 Å². The van der Waals surface area contributed by atoms with Gasteiger partial charge < -0.3 is 19.3 Å². The maximum absolute atomic E-state index is 11.8. The van der Waals surface area contributed by atoms with Gasteiger partial charge in [-0.1, -0.05) is 6.07 Å². The molecule has 1 heterocycles. The number of hydrogen-bond acceptors (Lipinski definition) is 5. The number of carbonyl (C=O) groups excluding carboxylic acids is 1. The second kappa shape index (κ2) is 5.56. The van der Waals surface area contributed by atoms with Crippen molar-refractivity contribution in [3.05, 3.63) is 23.8 Å². The Bertz CT molecular complexity index is 531. The normalized spacial score (nSPS) is 27.4. The Hall–Kier alpha value is -1.75. The van der Waals surface area contributed by atoms with Crippen molar-refractivity contribution in [2.45, 2.75) is 38.2 Å². The topological polar surface area (TPSA) is 65.0 Å². The Morgan fingerprint density at radius 2 is 2.05 bits per heavy atom. The molecule has 5 nitrogen and oxygen atoms in total. The van der Waals surface area contributed by atoms with Gasteiger partial charge in [-0.25, -0.2) is 0 Å². The second-order valence-corrected chi connectivity index (χ2v) is 5.63. The van der Waals surface area contributed by atoms with Crippen LogP contribution < -0.4 is 9.47 Å². The minimum atomic E-state index is -0.899. The molecule has 1 aliphatic carbocycles. The minimum Gasteiger partial charge on any atom is -0.466 e. The predicted molar refractivity (Wildman–Crippen MR) is 75.1 cm³/mol. The molecule has 0 spiro atoms. The lowest BCUT2D eigenvalue weighted by Crippen LogP contribution is -2.34. The van der Waals surface area contributed by atoms with Crippen molar-refractivity contribution in [3.63, 3.8) is 0 Å². The quantitative estimate of drug-likeness (QED) is 0.866. The summed E-state index contributed by atoms with van der Waals surface area (Å²) >= 11 is 0. The Morgan fingerprint density at radius 1 is 1.33 bits per heavy atom. The van der Waals surface area contributed by atoms with Crippen molar-refractivity contribution in [3.8, 4) is 11.5 Å².